The second kappa shape index (κ2) is 27.1. The summed E-state index contributed by atoms with van der Waals surface area (Å²) in [6.07, 6.45) is -7.59. The van der Waals surface area contributed by atoms with E-state index in [1.54, 1.807) is 4.90 Å². The van der Waals surface area contributed by atoms with Gasteiger partial charge in [-0.2, -0.15) is 0 Å². The predicted molar refractivity (Wildman–Crippen MR) is 235 cm³/mol. The molecule has 6 unspecified atom stereocenters. The molecule has 25 nitrogen and oxygen atoms in total. The summed E-state index contributed by atoms with van der Waals surface area (Å²) in [6, 6.07) is -1.26. The summed E-state index contributed by atoms with van der Waals surface area (Å²) in [4.78, 5) is 55.4. The van der Waals surface area contributed by atoms with E-state index < -0.39 is 126 Å². The van der Waals surface area contributed by atoms with E-state index in [0.717, 1.165) is 38.5 Å². The molecule has 5 aliphatic rings. The van der Waals surface area contributed by atoms with Gasteiger partial charge in [0.05, 0.1) is 37.7 Å². The molecule has 2 saturated carbocycles. The SMILES string of the molecule is CCC1CC(C(=O)NCCNC(=O)c2cn(CCCOS(=O)(=O)[O-])nn2)C[C@@H](O[C@@H]2O[C@@H](CO)[C@H](O)C(O[C@@H](CC3CCCCC3)C(=O)N3CCC3)C2NC(C)=O)[C@@H]1O[C@@H]1OC(C)[C@@H](O)[C@H](O)C1O.[Na+]. The van der Waals surface area contributed by atoms with Gasteiger partial charge in [-0.05, 0) is 50.9 Å². The average molecular weight is 1030 g/mol. The summed E-state index contributed by atoms with van der Waals surface area (Å²) in [7, 11) is -4.84. The van der Waals surface area contributed by atoms with Crippen molar-refractivity contribution in [3.63, 3.8) is 0 Å². The number of aliphatic hydroxyl groups is 5. The summed E-state index contributed by atoms with van der Waals surface area (Å²) in [5.74, 6) is -2.82. The first-order chi connectivity index (χ1) is 32.9. The number of likely N-dealkylation sites (tertiary alicyclic amines) is 1. The van der Waals surface area contributed by atoms with Crippen LogP contribution in [0.1, 0.15) is 102 Å². The Bertz CT molecular complexity index is 1960. The fraction of sp³-hybridized carbons (Fsp3) is 0.860. The molecular weight excluding hydrogens is 958 g/mol. The van der Waals surface area contributed by atoms with E-state index in [1.807, 2.05) is 6.92 Å². The zero-order valence-corrected chi connectivity index (χ0v) is 43.1. The van der Waals surface area contributed by atoms with Crippen molar-refractivity contribution in [2.75, 3.05) is 39.4 Å². The van der Waals surface area contributed by atoms with Gasteiger partial charge in [-0.3, -0.25) is 28.0 Å². The maximum absolute atomic E-state index is 14.0. The van der Waals surface area contributed by atoms with E-state index in [0.29, 0.717) is 25.9 Å². The zero-order valence-electron chi connectivity index (χ0n) is 40.3. The van der Waals surface area contributed by atoms with Gasteiger partial charge in [0.25, 0.3) is 11.8 Å². The molecule has 0 aromatic carbocycles. The second-order valence-electron chi connectivity index (χ2n) is 18.7. The number of aliphatic hydroxyl groups excluding tert-OH is 5. The molecule has 4 amide bonds. The van der Waals surface area contributed by atoms with E-state index in [1.165, 1.54) is 24.7 Å². The maximum atomic E-state index is 14.0. The van der Waals surface area contributed by atoms with Gasteiger partial charge in [0.2, 0.25) is 22.2 Å². The molecule has 0 spiro atoms. The molecule has 3 aliphatic heterocycles. The Labute approximate surface area is 429 Å². The summed E-state index contributed by atoms with van der Waals surface area (Å²) in [6.45, 7) is 4.75. The maximum Gasteiger partial charge on any atom is 1.00 e. The summed E-state index contributed by atoms with van der Waals surface area (Å²) < 4.78 is 69.2. The number of rotatable bonds is 22. The minimum Gasteiger partial charge on any atom is -0.726 e. The first-order valence-corrected chi connectivity index (χ1v) is 25.4. The quantitative estimate of drug-likeness (QED) is 0.0233. The average Bonchev–Trinajstić information content (AvgIpc) is 3.78. The van der Waals surface area contributed by atoms with Crippen molar-refractivity contribution in [2.45, 2.75) is 178 Å². The molecule has 0 radical (unpaired) electrons. The van der Waals surface area contributed by atoms with Crippen molar-refractivity contribution in [2.24, 2.45) is 17.8 Å². The van der Waals surface area contributed by atoms with Gasteiger partial charge in [-0.1, -0.05) is 50.7 Å². The Morgan fingerprint density at radius 2 is 1.64 bits per heavy atom. The number of carbonyl (C=O) groups is 4. The fourth-order valence-electron chi connectivity index (χ4n) is 9.81. The van der Waals surface area contributed by atoms with Crippen LogP contribution in [0.2, 0.25) is 0 Å². The fourth-order valence-corrected chi connectivity index (χ4v) is 10.1. The molecule has 70 heavy (non-hydrogen) atoms. The number of nitrogens with one attached hydrogen (secondary N) is 3. The summed E-state index contributed by atoms with van der Waals surface area (Å²) >= 11 is 0. The molecule has 1 aromatic heterocycles. The van der Waals surface area contributed by atoms with Crippen LogP contribution in [0.15, 0.2) is 6.20 Å². The van der Waals surface area contributed by atoms with Crippen LogP contribution in [0.3, 0.4) is 0 Å². The molecule has 8 N–H and O–H groups in total. The third-order valence-corrected chi connectivity index (χ3v) is 14.2. The van der Waals surface area contributed by atoms with Crippen LogP contribution in [0, 0.1) is 17.8 Å². The number of aromatic nitrogens is 3. The molecule has 27 heteroatoms. The number of nitrogens with zero attached hydrogens (tertiary/aromatic N) is 4. The van der Waals surface area contributed by atoms with Crippen LogP contribution >= 0.6 is 0 Å². The van der Waals surface area contributed by atoms with Crippen molar-refractivity contribution in [1.29, 1.82) is 0 Å². The largest absolute Gasteiger partial charge is 1.00 e. The van der Waals surface area contributed by atoms with E-state index in [4.69, 9.17) is 23.7 Å². The van der Waals surface area contributed by atoms with E-state index >= 15 is 0 Å². The van der Waals surface area contributed by atoms with Gasteiger partial charge in [0.15, 0.2) is 18.3 Å². The van der Waals surface area contributed by atoms with Crippen LogP contribution < -0.4 is 45.5 Å². The van der Waals surface area contributed by atoms with Crippen molar-refractivity contribution in [1.82, 2.24) is 35.8 Å². The minimum atomic E-state index is -4.84. The topological polar surface area (TPSA) is 352 Å². The van der Waals surface area contributed by atoms with Crippen molar-refractivity contribution in [3.8, 4) is 0 Å². The molecule has 6 rings (SSSR count). The van der Waals surface area contributed by atoms with Crippen LogP contribution in [0.4, 0.5) is 0 Å². The molecule has 392 valence electrons. The Morgan fingerprint density at radius 1 is 0.929 bits per heavy atom. The summed E-state index contributed by atoms with van der Waals surface area (Å²) in [5, 5.41) is 70.3. The molecule has 3 saturated heterocycles. The molecule has 5 fully saturated rings. The third kappa shape index (κ3) is 15.8. The molecular formula is C43H70N7NaO18S. The van der Waals surface area contributed by atoms with Gasteiger partial charge in [-0.15, -0.1) is 5.10 Å². The second-order valence-corrected chi connectivity index (χ2v) is 19.8. The Hall–Kier alpha value is -2.51. The number of carbonyl (C=O) groups excluding carboxylic acids is 4. The molecule has 1 aromatic rings. The first kappa shape index (κ1) is 58.4. The van der Waals surface area contributed by atoms with Gasteiger partial charge >= 0.3 is 29.6 Å². The van der Waals surface area contributed by atoms with Crippen LogP contribution in [-0.4, -0.2) is 201 Å². The Balaban J connectivity index is 0.00000913. The third-order valence-electron chi connectivity index (χ3n) is 13.7. The Morgan fingerprint density at radius 3 is 2.29 bits per heavy atom. The normalized spacial score (nSPS) is 33.3. The molecule has 15 atom stereocenters. The number of hydrogen-bond acceptors (Lipinski definition) is 20. The smallest absolute Gasteiger partial charge is 0.726 e. The van der Waals surface area contributed by atoms with E-state index in [9.17, 15) is 57.7 Å². The van der Waals surface area contributed by atoms with Crippen molar-refractivity contribution >= 4 is 34.0 Å². The van der Waals surface area contributed by atoms with Crippen molar-refractivity contribution in [3.05, 3.63) is 11.9 Å². The number of aryl methyl sites for hydroxylation is 1. The Kier molecular flexibility index (Phi) is 22.6. The zero-order chi connectivity index (χ0) is 50.0. The van der Waals surface area contributed by atoms with Crippen molar-refractivity contribution < 1.29 is 115 Å². The first-order valence-electron chi connectivity index (χ1n) is 24.1. The number of amides is 4. The van der Waals surface area contributed by atoms with Gasteiger partial charge < -0.3 is 74.6 Å². The minimum absolute atomic E-state index is 0. The molecule has 4 heterocycles. The molecule has 2 aliphatic carbocycles. The van der Waals surface area contributed by atoms with Gasteiger partial charge in [0, 0.05) is 45.6 Å². The van der Waals surface area contributed by atoms with Crippen LogP contribution in [0.25, 0.3) is 0 Å². The monoisotopic (exact) mass is 1030 g/mol. The van der Waals surface area contributed by atoms with Gasteiger partial charge in [0.1, 0.15) is 48.8 Å². The van der Waals surface area contributed by atoms with Crippen LogP contribution in [0.5, 0.6) is 0 Å². The van der Waals surface area contributed by atoms with E-state index in [2.05, 4.69) is 30.4 Å². The number of ether oxygens (including phenoxy) is 5. The van der Waals surface area contributed by atoms with E-state index in [-0.39, 0.29) is 92.6 Å². The van der Waals surface area contributed by atoms with Gasteiger partial charge in [-0.25, -0.2) is 8.42 Å². The summed E-state index contributed by atoms with van der Waals surface area (Å²) in [5.41, 5.74) is -0.0557. The standard InChI is InChI=1S/C43H71N7O18S.Na/c1-4-26-19-27(39(57)44-12-13-45-40(58)28-21-50(48-47-28)16-9-17-63-69(60,61)62)20-29(37(26)68-43-36(56)35(55)33(53)23(2)64-43)66-42-32(46-24(3)52)38(34(54)31(22-51)67-42)65-30(41(59)49-14-8-15-49)18-25-10-6-5-7-11-25;/h21,23,25-27,29-38,42-43,51,53-56H,4-20,22H2,1-3H3,(H,44,57)(H,45,58)(H,46,52)(H,60,61,62);/q;+1/p-1/t23?,26?,27?,29-,30+,31+,32?,33-,34+,35+,36?,37-,38?,42-,43+;/m1./s1. The van der Waals surface area contributed by atoms with Crippen LogP contribution in [-0.2, 0) is 59.2 Å². The number of hydrogen-bond donors (Lipinski definition) is 8. The predicted octanol–water partition coefficient (Wildman–Crippen LogP) is -5.43. The molecule has 0 bridgehead atoms.